The van der Waals surface area contributed by atoms with Crippen molar-refractivity contribution in [2.24, 2.45) is 0 Å². The summed E-state index contributed by atoms with van der Waals surface area (Å²) in [5.41, 5.74) is 3.43. The van der Waals surface area contributed by atoms with Gasteiger partial charge in [-0.15, -0.1) is 0 Å². The van der Waals surface area contributed by atoms with Crippen LogP contribution >= 0.6 is 0 Å². The molecule has 0 unspecified atom stereocenters. The fourth-order valence-corrected chi connectivity index (χ4v) is 2.89. The van der Waals surface area contributed by atoms with Crippen LogP contribution in [0.5, 0.6) is 0 Å². The molecule has 3 aromatic rings. The van der Waals surface area contributed by atoms with Gasteiger partial charge < -0.3 is 4.90 Å². The number of hydrogen-bond acceptors (Lipinski definition) is 5. The van der Waals surface area contributed by atoms with Gasteiger partial charge in [-0.25, -0.2) is 9.97 Å². The molecule has 25 heavy (non-hydrogen) atoms. The van der Waals surface area contributed by atoms with Gasteiger partial charge in [-0.2, -0.15) is 15.0 Å². The summed E-state index contributed by atoms with van der Waals surface area (Å²) >= 11 is 0. The quantitative estimate of drug-likeness (QED) is 0.716. The van der Waals surface area contributed by atoms with Gasteiger partial charge in [0.1, 0.15) is 23.4 Å². The smallest absolute Gasteiger partial charge is 0.246 e. The molecule has 0 fully saturated rings. The number of nitrogens with zero attached hydrogens (tertiary/aromatic N) is 6. The van der Waals surface area contributed by atoms with Gasteiger partial charge in [0.2, 0.25) is 5.91 Å². The molecule has 3 heterocycles. The lowest BCUT2D eigenvalue weighted by Gasteiger charge is -2.16. The van der Waals surface area contributed by atoms with Crippen LogP contribution in [0.3, 0.4) is 0 Å². The van der Waals surface area contributed by atoms with E-state index in [1.54, 1.807) is 4.90 Å². The molecule has 1 amide bonds. The number of hydrogen-bond donors (Lipinski definition) is 0. The van der Waals surface area contributed by atoms with Crippen molar-refractivity contribution in [3.8, 4) is 0 Å². The van der Waals surface area contributed by atoms with Gasteiger partial charge in [0, 0.05) is 23.7 Å². The molecule has 0 bridgehead atoms. The molecule has 0 N–H and O–H groups in total. The lowest BCUT2D eigenvalue weighted by Crippen LogP contribution is -2.30. The summed E-state index contributed by atoms with van der Waals surface area (Å²) in [5.74, 6) is 0.788. The van der Waals surface area contributed by atoms with E-state index in [1.165, 1.54) is 4.80 Å². The SMILES string of the molecule is CC(C)(C)c1ncc2c(n1)CN(C(=O)Cn1nc3ccccc3n1)C2. The highest BCUT2D eigenvalue weighted by molar-refractivity contribution is 5.77. The molecule has 2 aromatic heterocycles. The molecule has 0 spiro atoms. The summed E-state index contributed by atoms with van der Waals surface area (Å²) in [7, 11) is 0. The summed E-state index contributed by atoms with van der Waals surface area (Å²) in [6, 6.07) is 7.59. The minimum absolute atomic E-state index is 0.0179. The topological polar surface area (TPSA) is 76.8 Å². The first-order valence-electron chi connectivity index (χ1n) is 8.33. The summed E-state index contributed by atoms with van der Waals surface area (Å²) in [6.07, 6.45) is 1.84. The number of benzene rings is 1. The van der Waals surface area contributed by atoms with Crippen LogP contribution in [0, 0.1) is 0 Å². The third-order valence-electron chi connectivity index (χ3n) is 4.28. The second-order valence-electron chi connectivity index (χ2n) is 7.38. The Labute approximate surface area is 145 Å². The van der Waals surface area contributed by atoms with Gasteiger partial charge >= 0.3 is 0 Å². The summed E-state index contributed by atoms with van der Waals surface area (Å²) < 4.78 is 0. The highest BCUT2D eigenvalue weighted by Crippen LogP contribution is 2.24. The molecule has 0 saturated carbocycles. The Morgan fingerprint density at radius 3 is 2.44 bits per heavy atom. The van der Waals surface area contributed by atoms with E-state index in [-0.39, 0.29) is 17.9 Å². The van der Waals surface area contributed by atoms with E-state index >= 15 is 0 Å². The summed E-state index contributed by atoms with van der Waals surface area (Å²) in [5, 5.41) is 8.70. The van der Waals surface area contributed by atoms with E-state index in [0.29, 0.717) is 13.1 Å². The average molecular weight is 336 g/mol. The molecule has 1 aliphatic heterocycles. The van der Waals surface area contributed by atoms with E-state index in [1.807, 2.05) is 30.5 Å². The fraction of sp³-hybridized carbons (Fsp3) is 0.389. The predicted molar refractivity (Wildman–Crippen MR) is 92.5 cm³/mol. The summed E-state index contributed by atoms with van der Waals surface area (Å²) in [4.78, 5) is 25.0. The second-order valence-corrected chi connectivity index (χ2v) is 7.38. The maximum atomic E-state index is 12.6. The van der Waals surface area contributed by atoms with Crippen molar-refractivity contribution in [3.63, 3.8) is 0 Å². The maximum Gasteiger partial charge on any atom is 0.246 e. The van der Waals surface area contributed by atoms with Crippen molar-refractivity contribution < 1.29 is 4.79 Å². The van der Waals surface area contributed by atoms with Crippen LogP contribution in [0.25, 0.3) is 11.0 Å². The Morgan fingerprint density at radius 2 is 1.80 bits per heavy atom. The van der Waals surface area contributed by atoms with Gasteiger partial charge in [0.25, 0.3) is 0 Å². The molecule has 1 aromatic carbocycles. The van der Waals surface area contributed by atoms with E-state index in [9.17, 15) is 4.79 Å². The van der Waals surface area contributed by atoms with Crippen LogP contribution in [0.2, 0.25) is 0 Å². The largest absolute Gasteiger partial charge is 0.331 e. The highest BCUT2D eigenvalue weighted by atomic mass is 16.2. The molecule has 0 aliphatic carbocycles. The second kappa shape index (κ2) is 5.61. The summed E-state index contributed by atoms with van der Waals surface area (Å²) in [6.45, 7) is 7.43. The Morgan fingerprint density at radius 1 is 1.12 bits per heavy atom. The van der Waals surface area contributed by atoms with Gasteiger partial charge in [-0.3, -0.25) is 4.79 Å². The third kappa shape index (κ3) is 2.97. The molecule has 4 rings (SSSR count). The monoisotopic (exact) mass is 336 g/mol. The van der Waals surface area contributed by atoms with Gasteiger partial charge in [-0.1, -0.05) is 32.9 Å². The van der Waals surface area contributed by atoms with Crippen LogP contribution in [0.4, 0.5) is 0 Å². The molecule has 7 heteroatoms. The number of rotatable bonds is 2. The van der Waals surface area contributed by atoms with Crippen molar-refractivity contribution in [1.82, 2.24) is 29.9 Å². The zero-order valence-corrected chi connectivity index (χ0v) is 14.6. The Bertz CT molecular complexity index is 923. The standard InChI is InChI=1S/C18H20N6O/c1-18(2,3)17-19-8-12-9-23(10-15(12)20-17)16(25)11-24-21-13-6-4-5-7-14(13)22-24/h4-8H,9-11H2,1-3H3. The van der Waals surface area contributed by atoms with Crippen molar-refractivity contribution in [1.29, 1.82) is 0 Å². The highest BCUT2D eigenvalue weighted by Gasteiger charge is 2.27. The average Bonchev–Trinajstić information content (AvgIpc) is 3.16. The number of carbonyl (C=O) groups is 1. The minimum atomic E-state index is -0.106. The van der Waals surface area contributed by atoms with Crippen molar-refractivity contribution in [2.45, 2.75) is 45.8 Å². The van der Waals surface area contributed by atoms with Gasteiger partial charge in [0.15, 0.2) is 0 Å². The van der Waals surface area contributed by atoms with Crippen molar-refractivity contribution >= 4 is 16.9 Å². The normalized spacial score (nSPS) is 14.1. The first kappa shape index (κ1) is 15.7. The number of fused-ring (bicyclic) bond motifs is 2. The Hall–Kier alpha value is -2.83. The Balaban J connectivity index is 1.50. The van der Waals surface area contributed by atoms with Crippen LogP contribution < -0.4 is 0 Å². The first-order valence-corrected chi connectivity index (χ1v) is 8.33. The number of carbonyl (C=O) groups excluding carboxylic acids is 1. The fourth-order valence-electron chi connectivity index (χ4n) is 2.89. The predicted octanol–water partition coefficient (Wildman–Crippen LogP) is 2.06. The molecule has 128 valence electrons. The Kier molecular flexibility index (Phi) is 3.52. The molecular formula is C18H20N6O. The molecular weight excluding hydrogens is 316 g/mol. The van der Waals surface area contributed by atoms with Crippen LogP contribution in [0.15, 0.2) is 30.5 Å². The zero-order chi connectivity index (χ0) is 17.6. The molecule has 1 aliphatic rings. The van der Waals surface area contributed by atoms with E-state index in [2.05, 4.69) is 40.9 Å². The first-order chi connectivity index (χ1) is 11.9. The van der Waals surface area contributed by atoms with Gasteiger partial charge in [-0.05, 0) is 12.1 Å². The maximum absolute atomic E-state index is 12.6. The number of amides is 1. The van der Waals surface area contributed by atoms with E-state index in [0.717, 1.165) is 28.1 Å². The van der Waals surface area contributed by atoms with Crippen molar-refractivity contribution in [2.75, 3.05) is 0 Å². The molecule has 0 radical (unpaired) electrons. The number of aromatic nitrogens is 5. The van der Waals surface area contributed by atoms with Gasteiger partial charge in [0.05, 0.1) is 12.2 Å². The third-order valence-corrected chi connectivity index (χ3v) is 4.28. The molecule has 7 nitrogen and oxygen atoms in total. The minimum Gasteiger partial charge on any atom is -0.331 e. The van der Waals surface area contributed by atoms with E-state index < -0.39 is 0 Å². The van der Waals surface area contributed by atoms with Crippen LogP contribution in [0.1, 0.15) is 37.9 Å². The van der Waals surface area contributed by atoms with Crippen LogP contribution in [-0.2, 0) is 29.8 Å². The zero-order valence-electron chi connectivity index (χ0n) is 14.6. The van der Waals surface area contributed by atoms with Crippen LogP contribution in [-0.4, -0.2) is 35.8 Å². The van der Waals surface area contributed by atoms with Crippen molar-refractivity contribution in [3.05, 3.63) is 47.5 Å². The molecule has 0 atom stereocenters. The molecule has 0 saturated heterocycles. The van der Waals surface area contributed by atoms with E-state index in [4.69, 9.17) is 0 Å². The lowest BCUT2D eigenvalue weighted by molar-refractivity contribution is -0.132. The lowest BCUT2D eigenvalue weighted by atomic mass is 9.95.